The number of hydrogen-bond donors (Lipinski definition) is 4. The number of primary amides is 1. The van der Waals surface area contributed by atoms with Crippen molar-refractivity contribution in [1.82, 2.24) is 24.5 Å². The zero-order chi connectivity index (χ0) is 22.8. The van der Waals surface area contributed by atoms with Gasteiger partial charge in [-0.05, 0) is 24.3 Å². The normalized spacial score (nSPS) is 10.9. The Hall–Kier alpha value is -4.25. The second kappa shape index (κ2) is 8.47. The van der Waals surface area contributed by atoms with E-state index in [4.69, 9.17) is 28.8 Å². The fourth-order valence-corrected chi connectivity index (χ4v) is 3.57. The van der Waals surface area contributed by atoms with Crippen LogP contribution in [-0.4, -0.2) is 37.0 Å². The number of nitrogens with zero attached hydrogens (tertiary/aromatic N) is 5. The predicted octanol–water partition coefficient (Wildman–Crippen LogP) is 1.14. The van der Waals surface area contributed by atoms with Crippen LogP contribution in [0.1, 0.15) is 16.2 Å². The molecule has 0 fully saturated rings. The van der Waals surface area contributed by atoms with Crippen LogP contribution < -0.4 is 28.1 Å². The van der Waals surface area contributed by atoms with Crippen molar-refractivity contribution in [3.8, 4) is 5.69 Å². The van der Waals surface area contributed by atoms with Gasteiger partial charge >= 0.3 is 0 Å². The maximum absolute atomic E-state index is 13.3. The molecule has 0 saturated carbocycles. The van der Waals surface area contributed by atoms with Gasteiger partial charge in [-0.15, -0.1) is 0 Å². The number of benzene rings is 1. The number of hydrogen-bond acceptors (Lipinski definition) is 9. The second-order valence-electron chi connectivity index (χ2n) is 6.75. The number of nitrogens with one attached hydrogen (secondary N) is 1. The van der Waals surface area contributed by atoms with Crippen molar-refractivity contribution in [3.05, 3.63) is 69.5 Å². The van der Waals surface area contributed by atoms with Crippen molar-refractivity contribution in [2.45, 2.75) is 6.42 Å². The molecule has 1 amide bonds. The summed E-state index contributed by atoms with van der Waals surface area (Å²) in [4.78, 5) is 41.6. The molecular weight excluding hydrogens is 434 g/mol. The number of nitrogen functional groups attached to an aromatic ring is 2. The maximum atomic E-state index is 13.3. The minimum atomic E-state index is -0.796. The molecule has 1 aromatic carbocycles. The molecule has 0 aliphatic rings. The Labute approximate surface area is 186 Å². The molecule has 3 aromatic heterocycles. The molecule has 0 saturated heterocycles. The highest BCUT2D eigenvalue weighted by atomic mass is 35.5. The number of amides is 1. The number of halogens is 1. The van der Waals surface area contributed by atoms with Crippen molar-refractivity contribution < 1.29 is 4.79 Å². The van der Waals surface area contributed by atoms with Gasteiger partial charge in [-0.3, -0.25) is 19.1 Å². The summed E-state index contributed by atoms with van der Waals surface area (Å²) in [5.41, 5.74) is 17.4. The third-order valence-corrected chi connectivity index (χ3v) is 4.98. The second-order valence-corrected chi connectivity index (χ2v) is 7.15. The van der Waals surface area contributed by atoms with E-state index < -0.39 is 5.91 Å². The minimum Gasteiger partial charge on any atom is -0.383 e. The van der Waals surface area contributed by atoms with E-state index in [-0.39, 0.29) is 41.7 Å². The minimum absolute atomic E-state index is 0.0675. The van der Waals surface area contributed by atoms with Gasteiger partial charge in [-0.1, -0.05) is 17.7 Å². The number of pyridine rings is 1. The lowest BCUT2D eigenvalue weighted by molar-refractivity contribution is 0.100. The zero-order valence-electron chi connectivity index (χ0n) is 16.6. The van der Waals surface area contributed by atoms with Gasteiger partial charge in [-0.25, -0.2) is 4.98 Å². The van der Waals surface area contributed by atoms with Crippen molar-refractivity contribution in [1.29, 1.82) is 0 Å². The van der Waals surface area contributed by atoms with Crippen LogP contribution >= 0.6 is 11.6 Å². The van der Waals surface area contributed by atoms with Crippen LogP contribution in [0.15, 0.2) is 47.5 Å². The van der Waals surface area contributed by atoms with Gasteiger partial charge in [-0.2, -0.15) is 9.97 Å². The molecule has 0 aliphatic carbocycles. The van der Waals surface area contributed by atoms with E-state index >= 15 is 0 Å². The molecule has 7 N–H and O–H groups in total. The molecule has 32 heavy (non-hydrogen) atoms. The summed E-state index contributed by atoms with van der Waals surface area (Å²) in [5.74, 6) is -0.489. The Morgan fingerprint density at radius 2 is 1.94 bits per heavy atom. The van der Waals surface area contributed by atoms with Crippen LogP contribution in [-0.2, 0) is 6.42 Å². The molecule has 0 spiro atoms. The Morgan fingerprint density at radius 1 is 1.12 bits per heavy atom. The molecule has 3 heterocycles. The van der Waals surface area contributed by atoms with Crippen LogP contribution in [0.4, 0.5) is 17.6 Å². The summed E-state index contributed by atoms with van der Waals surface area (Å²) < 4.78 is 1.45. The van der Waals surface area contributed by atoms with E-state index in [0.717, 1.165) is 0 Å². The largest absolute Gasteiger partial charge is 0.383 e. The zero-order valence-corrected chi connectivity index (χ0v) is 17.4. The molecular formula is C20H18ClN9O2. The summed E-state index contributed by atoms with van der Waals surface area (Å²) in [6, 6.07) is 8.53. The molecule has 0 aliphatic heterocycles. The van der Waals surface area contributed by atoms with Gasteiger partial charge in [0.1, 0.15) is 23.0 Å². The third kappa shape index (κ3) is 3.88. The van der Waals surface area contributed by atoms with Gasteiger partial charge < -0.3 is 22.5 Å². The summed E-state index contributed by atoms with van der Waals surface area (Å²) in [5, 5.41) is 3.59. The highest BCUT2D eigenvalue weighted by Crippen LogP contribution is 2.21. The lowest BCUT2D eigenvalue weighted by Crippen LogP contribution is -2.26. The standard InChI is InChI=1S/C20H18ClN9O2/c21-11-4-1-5-12-14(11)19(32)30(10-3-2-7-25-9-10)13(27-12)6-8-26-18-15(17(23)31)16(22)28-20(24)29-18/h1-5,7,9H,6,8H2,(H2,23,31)(H5,22,24,26,28,29). The Balaban J connectivity index is 1.74. The average Bonchev–Trinajstić information content (AvgIpc) is 2.73. The first-order chi connectivity index (χ1) is 15.4. The molecule has 162 valence electrons. The lowest BCUT2D eigenvalue weighted by atomic mass is 10.2. The van der Waals surface area contributed by atoms with Crippen molar-refractivity contribution >= 4 is 46.0 Å². The van der Waals surface area contributed by atoms with E-state index in [0.29, 0.717) is 27.4 Å². The Morgan fingerprint density at radius 3 is 2.66 bits per heavy atom. The van der Waals surface area contributed by atoms with E-state index in [1.54, 1.807) is 42.7 Å². The Bertz CT molecular complexity index is 1390. The fourth-order valence-electron chi connectivity index (χ4n) is 3.32. The van der Waals surface area contributed by atoms with Gasteiger partial charge in [0, 0.05) is 19.2 Å². The lowest BCUT2D eigenvalue weighted by Gasteiger charge is -2.15. The molecule has 0 unspecified atom stereocenters. The molecule has 12 heteroatoms. The van der Waals surface area contributed by atoms with Crippen molar-refractivity contribution in [2.75, 3.05) is 23.3 Å². The molecule has 4 aromatic rings. The predicted molar refractivity (Wildman–Crippen MR) is 122 cm³/mol. The van der Waals surface area contributed by atoms with Gasteiger partial charge in [0.05, 0.1) is 27.8 Å². The highest BCUT2D eigenvalue weighted by molar-refractivity contribution is 6.35. The third-order valence-electron chi connectivity index (χ3n) is 4.66. The van der Waals surface area contributed by atoms with Crippen LogP contribution in [0.2, 0.25) is 5.02 Å². The van der Waals surface area contributed by atoms with E-state index in [1.165, 1.54) is 4.57 Å². The monoisotopic (exact) mass is 451 g/mol. The average molecular weight is 452 g/mol. The number of rotatable bonds is 6. The van der Waals surface area contributed by atoms with E-state index in [1.807, 2.05) is 0 Å². The topological polar surface area (TPSA) is 181 Å². The van der Waals surface area contributed by atoms with Crippen LogP contribution in [0, 0.1) is 0 Å². The summed E-state index contributed by atoms with van der Waals surface area (Å²) in [7, 11) is 0. The summed E-state index contributed by atoms with van der Waals surface area (Å²) in [6.45, 7) is 0.231. The highest BCUT2D eigenvalue weighted by Gasteiger charge is 2.18. The number of carbonyl (C=O) groups excluding carboxylic acids is 1. The molecule has 0 bridgehead atoms. The summed E-state index contributed by atoms with van der Waals surface area (Å²) in [6.07, 6.45) is 3.43. The number of fused-ring (bicyclic) bond motifs is 1. The molecule has 11 nitrogen and oxygen atoms in total. The summed E-state index contributed by atoms with van der Waals surface area (Å²) >= 11 is 6.27. The van der Waals surface area contributed by atoms with Gasteiger partial charge in [0.25, 0.3) is 11.5 Å². The molecule has 0 radical (unpaired) electrons. The van der Waals surface area contributed by atoms with Gasteiger partial charge in [0.2, 0.25) is 5.95 Å². The number of aromatic nitrogens is 5. The number of anilines is 3. The quantitative estimate of drug-likeness (QED) is 0.334. The van der Waals surface area contributed by atoms with Gasteiger partial charge in [0.15, 0.2) is 0 Å². The fraction of sp³-hybridized carbons (Fsp3) is 0.100. The van der Waals surface area contributed by atoms with Crippen molar-refractivity contribution in [3.63, 3.8) is 0 Å². The first-order valence-corrected chi connectivity index (χ1v) is 9.82. The smallest absolute Gasteiger partial charge is 0.267 e. The van der Waals surface area contributed by atoms with Crippen LogP contribution in [0.25, 0.3) is 16.6 Å². The maximum Gasteiger partial charge on any atom is 0.267 e. The number of nitrogens with two attached hydrogens (primary N) is 3. The van der Waals surface area contributed by atoms with Crippen LogP contribution in [0.5, 0.6) is 0 Å². The molecule has 0 atom stereocenters. The van der Waals surface area contributed by atoms with Crippen LogP contribution in [0.3, 0.4) is 0 Å². The van der Waals surface area contributed by atoms with E-state index in [9.17, 15) is 9.59 Å². The Kier molecular flexibility index (Phi) is 5.56. The number of carbonyl (C=O) groups is 1. The SMILES string of the molecule is NC(=O)c1c(N)nc(N)nc1NCCc1nc2cccc(Cl)c2c(=O)n1-c1cccnc1. The first-order valence-electron chi connectivity index (χ1n) is 9.44. The molecule has 4 rings (SSSR count). The van der Waals surface area contributed by atoms with E-state index in [2.05, 4.69) is 25.3 Å². The first kappa shape index (κ1) is 21.0. The van der Waals surface area contributed by atoms with Crippen molar-refractivity contribution in [2.24, 2.45) is 5.73 Å².